The van der Waals surface area contributed by atoms with E-state index in [9.17, 15) is 8.42 Å². The Kier molecular flexibility index (Phi) is 5.04. The van der Waals surface area contributed by atoms with Crippen LogP contribution in [0.5, 0.6) is 0 Å². The van der Waals surface area contributed by atoms with Crippen molar-refractivity contribution in [3.8, 4) is 0 Å². The maximum Gasteiger partial charge on any atom is 0.211 e. The predicted octanol–water partition coefficient (Wildman–Crippen LogP) is 0.865. The van der Waals surface area contributed by atoms with E-state index in [4.69, 9.17) is 5.73 Å². The average Bonchev–Trinajstić information content (AvgIpc) is 3.03. The number of hydrogen-bond donors (Lipinski definition) is 2. The van der Waals surface area contributed by atoms with Gasteiger partial charge in [-0.1, -0.05) is 12.8 Å². The van der Waals surface area contributed by atoms with Gasteiger partial charge >= 0.3 is 0 Å². The Labute approximate surface area is 104 Å². The third-order valence-electron chi connectivity index (χ3n) is 3.27. The van der Waals surface area contributed by atoms with Gasteiger partial charge in [0.05, 0.1) is 5.75 Å². The molecule has 0 bridgehead atoms. The Bertz CT molecular complexity index is 313. The molecule has 0 aliphatic heterocycles. The van der Waals surface area contributed by atoms with Crippen LogP contribution in [0, 0.1) is 11.8 Å². The molecule has 0 heterocycles. The zero-order valence-corrected chi connectivity index (χ0v) is 11.0. The van der Waals surface area contributed by atoms with Gasteiger partial charge in [0.2, 0.25) is 10.0 Å². The van der Waals surface area contributed by atoms with Crippen molar-refractivity contribution in [1.29, 1.82) is 0 Å². The minimum Gasteiger partial charge on any atom is -0.329 e. The molecule has 2 aliphatic carbocycles. The molecule has 4 nitrogen and oxygen atoms in total. The van der Waals surface area contributed by atoms with E-state index in [0.717, 1.165) is 19.3 Å². The van der Waals surface area contributed by atoms with Gasteiger partial charge in [0, 0.05) is 12.6 Å². The number of nitrogens with one attached hydrogen (secondary N) is 1. The van der Waals surface area contributed by atoms with Gasteiger partial charge in [-0.25, -0.2) is 13.1 Å². The number of rotatable bonds is 7. The fourth-order valence-electron chi connectivity index (χ4n) is 1.85. The van der Waals surface area contributed by atoms with Gasteiger partial charge in [0.1, 0.15) is 0 Å². The van der Waals surface area contributed by atoms with Crippen LogP contribution in [0.2, 0.25) is 0 Å². The molecule has 2 rings (SSSR count). The summed E-state index contributed by atoms with van der Waals surface area (Å²) >= 11 is 0. The summed E-state index contributed by atoms with van der Waals surface area (Å²) in [4.78, 5) is 0. The third-order valence-corrected chi connectivity index (χ3v) is 4.70. The molecule has 1 unspecified atom stereocenters. The lowest BCUT2D eigenvalue weighted by molar-refractivity contribution is 0.516. The van der Waals surface area contributed by atoms with E-state index in [2.05, 4.69) is 4.72 Å². The lowest BCUT2D eigenvalue weighted by Crippen LogP contribution is -2.42. The highest BCUT2D eigenvalue weighted by atomic mass is 35.5. The minimum absolute atomic E-state index is 0. The minimum atomic E-state index is -3.08. The first kappa shape index (κ1) is 14.2. The summed E-state index contributed by atoms with van der Waals surface area (Å²) < 4.78 is 26.1. The smallest absolute Gasteiger partial charge is 0.211 e. The number of nitrogens with two attached hydrogens (primary N) is 1. The standard InChI is InChI=1S/C10H20N2O2S.ClH/c11-7-10(9-3-4-9)12-15(13,14)6-5-8-1-2-8;/h8-10,12H,1-7,11H2;1H. The largest absolute Gasteiger partial charge is 0.329 e. The topological polar surface area (TPSA) is 72.2 Å². The summed E-state index contributed by atoms with van der Waals surface area (Å²) in [7, 11) is -3.08. The summed E-state index contributed by atoms with van der Waals surface area (Å²) in [6.07, 6.45) is 5.47. The predicted molar refractivity (Wildman–Crippen MR) is 67.1 cm³/mol. The zero-order chi connectivity index (χ0) is 10.9. The normalized spacial score (nSPS) is 22.6. The van der Waals surface area contributed by atoms with E-state index in [1.807, 2.05) is 0 Å². The highest BCUT2D eigenvalue weighted by Gasteiger charge is 2.33. The van der Waals surface area contributed by atoms with Crippen molar-refractivity contribution in [2.75, 3.05) is 12.3 Å². The van der Waals surface area contributed by atoms with Crippen LogP contribution in [-0.2, 0) is 10.0 Å². The molecule has 1 atom stereocenters. The molecule has 0 aromatic carbocycles. The molecule has 0 saturated heterocycles. The van der Waals surface area contributed by atoms with Gasteiger partial charge in [-0.2, -0.15) is 0 Å². The summed E-state index contributed by atoms with van der Waals surface area (Å²) in [5.74, 6) is 1.44. The second-order valence-electron chi connectivity index (χ2n) is 4.85. The molecule has 16 heavy (non-hydrogen) atoms. The van der Waals surface area contributed by atoms with Crippen LogP contribution in [0.1, 0.15) is 32.1 Å². The maximum atomic E-state index is 11.7. The third kappa shape index (κ3) is 4.57. The Balaban J connectivity index is 0.00000128. The molecule has 6 heteroatoms. The fourth-order valence-corrected chi connectivity index (χ4v) is 3.36. The Morgan fingerprint density at radius 2 is 1.88 bits per heavy atom. The van der Waals surface area contributed by atoms with Gasteiger partial charge < -0.3 is 5.73 Å². The van der Waals surface area contributed by atoms with Crippen LogP contribution in [0.4, 0.5) is 0 Å². The van der Waals surface area contributed by atoms with Crippen LogP contribution in [0.25, 0.3) is 0 Å². The van der Waals surface area contributed by atoms with Crippen molar-refractivity contribution in [3.05, 3.63) is 0 Å². The van der Waals surface area contributed by atoms with Crippen LogP contribution < -0.4 is 10.5 Å². The van der Waals surface area contributed by atoms with Gasteiger partial charge in [-0.15, -0.1) is 12.4 Å². The molecular formula is C10H21ClN2O2S. The molecule has 2 aliphatic rings. The number of hydrogen-bond acceptors (Lipinski definition) is 3. The number of sulfonamides is 1. The Morgan fingerprint density at radius 3 is 2.31 bits per heavy atom. The maximum absolute atomic E-state index is 11.7. The summed E-state index contributed by atoms with van der Waals surface area (Å²) in [5, 5.41) is 0. The van der Waals surface area contributed by atoms with E-state index >= 15 is 0 Å². The van der Waals surface area contributed by atoms with Gasteiger partial charge in [-0.05, 0) is 31.1 Å². The van der Waals surface area contributed by atoms with Crippen LogP contribution in [0.3, 0.4) is 0 Å². The van der Waals surface area contributed by atoms with Crippen LogP contribution in [0.15, 0.2) is 0 Å². The molecule has 0 amide bonds. The van der Waals surface area contributed by atoms with Crippen LogP contribution >= 0.6 is 12.4 Å². The van der Waals surface area contributed by atoms with Crippen molar-refractivity contribution in [2.24, 2.45) is 17.6 Å². The molecule has 0 aromatic rings. The first-order valence-corrected chi connectivity index (χ1v) is 7.46. The molecule has 0 radical (unpaired) electrons. The molecule has 3 N–H and O–H groups in total. The second kappa shape index (κ2) is 5.67. The summed E-state index contributed by atoms with van der Waals surface area (Å²) in [5.41, 5.74) is 5.56. The van der Waals surface area contributed by atoms with Crippen molar-refractivity contribution in [1.82, 2.24) is 4.72 Å². The van der Waals surface area contributed by atoms with Gasteiger partial charge in [0.15, 0.2) is 0 Å². The van der Waals surface area contributed by atoms with Gasteiger partial charge in [-0.3, -0.25) is 0 Å². The highest BCUT2D eigenvalue weighted by molar-refractivity contribution is 7.89. The summed E-state index contributed by atoms with van der Waals surface area (Å²) in [6.45, 7) is 0.424. The van der Waals surface area contributed by atoms with E-state index in [0.29, 0.717) is 18.4 Å². The molecule has 0 spiro atoms. The van der Waals surface area contributed by atoms with E-state index < -0.39 is 10.0 Å². The van der Waals surface area contributed by atoms with Crippen LogP contribution in [-0.4, -0.2) is 26.8 Å². The van der Waals surface area contributed by atoms with E-state index in [-0.39, 0.29) is 24.2 Å². The lowest BCUT2D eigenvalue weighted by atomic mass is 10.2. The second-order valence-corrected chi connectivity index (χ2v) is 6.72. The summed E-state index contributed by atoms with van der Waals surface area (Å²) in [6, 6.07) is -0.0193. The fraction of sp³-hybridized carbons (Fsp3) is 1.00. The van der Waals surface area contributed by atoms with Crippen molar-refractivity contribution in [3.63, 3.8) is 0 Å². The molecular weight excluding hydrogens is 248 g/mol. The number of halogens is 1. The average molecular weight is 269 g/mol. The van der Waals surface area contributed by atoms with E-state index in [1.165, 1.54) is 12.8 Å². The first-order valence-electron chi connectivity index (χ1n) is 5.81. The highest BCUT2D eigenvalue weighted by Crippen LogP contribution is 2.34. The quantitative estimate of drug-likeness (QED) is 0.720. The van der Waals surface area contributed by atoms with E-state index in [1.54, 1.807) is 0 Å². The zero-order valence-electron chi connectivity index (χ0n) is 9.39. The van der Waals surface area contributed by atoms with Crippen molar-refractivity contribution >= 4 is 22.4 Å². The monoisotopic (exact) mass is 268 g/mol. The van der Waals surface area contributed by atoms with Gasteiger partial charge in [0.25, 0.3) is 0 Å². The lowest BCUT2D eigenvalue weighted by Gasteiger charge is -2.15. The Hall–Kier alpha value is 0.160. The van der Waals surface area contributed by atoms with Crippen molar-refractivity contribution < 1.29 is 8.42 Å². The molecule has 2 fully saturated rings. The first-order chi connectivity index (χ1) is 7.11. The SMILES string of the molecule is Cl.NCC(NS(=O)(=O)CCC1CC1)C1CC1. The molecule has 0 aromatic heterocycles. The molecule has 2 saturated carbocycles. The Morgan fingerprint density at radius 1 is 1.25 bits per heavy atom. The van der Waals surface area contributed by atoms with Crippen molar-refractivity contribution in [2.45, 2.75) is 38.1 Å². The molecule has 96 valence electrons.